The highest BCUT2D eigenvalue weighted by Crippen LogP contribution is 2.13. The minimum absolute atomic E-state index is 0.253. The molecule has 6 heteroatoms. The molecule has 1 heterocycles. The number of anilines is 2. The quantitative estimate of drug-likeness (QED) is 0.696. The van der Waals surface area contributed by atoms with E-state index in [-0.39, 0.29) is 11.7 Å². The first-order valence-corrected chi connectivity index (χ1v) is 8.39. The Morgan fingerprint density at radius 3 is 2.48 bits per heavy atom. The molecular formula is C21H17FN4O. The van der Waals surface area contributed by atoms with Crippen LogP contribution in [0.15, 0.2) is 67.0 Å². The molecule has 5 nitrogen and oxygen atoms in total. The number of nitrogens with one attached hydrogen (secondary N) is 2. The van der Waals surface area contributed by atoms with E-state index in [4.69, 9.17) is 5.26 Å². The van der Waals surface area contributed by atoms with Gasteiger partial charge in [-0.1, -0.05) is 12.1 Å². The van der Waals surface area contributed by atoms with Crippen LogP contribution in [0.25, 0.3) is 0 Å². The van der Waals surface area contributed by atoms with E-state index in [9.17, 15) is 9.18 Å². The van der Waals surface area contributed by atoms with Crippen molar-refractivity contribution in [2.75, 3.05) is 17.2 Å². The molecular weight excluding hydrogens is 343 g/mol. The summed E-state index contributed by atoms with van der Waals surface area (Å²) in [6, 6.07) is 16.7. The second kappa shape index (κ2) is 8.59. The Balaban J connectivity index is 1.58. The summed E-state index contributed by atoms with van der Waals surface area (Å²) in [5.41, 5.74) is 3.30. The van der Waals surface area contributed by atoms with Gasteiger partial charge in [0.2, 0.25) is 0 Å². The number of rotatable bonds is 6. The molecule has 0 unspecified atom stereocenters. The molecule has 1 aromatic heterocycles. The molecule has 134 valence electrons. The number of carbonyl (C=O) groups excluding carboxylic acids is 1. The van der Waals surface area contributed by atoms with Gasteiger partial charge in [0.05, 0.1) is 22.9 Å². The number of nitrogens with zero attached hydrogens (tertiary/aromatic N) is 2. The molecule has 0 spiro atoms. The zero-order valence-corrected chi connectivity index (χ0v) is 14.4. The summed E-state index contributed by atoms with van der Waals surface area (Å²) in [7, 11) is 0. The lowest BCUT2D eigenvalue weighted by atomic mass is 10.1. The number of benzene rings is 2. The average molecular weight is 360 g/mol. The van der Waals surface area contributed by atoms with Crippen molar-refractivity contribution in [1.82, 2.24) is 4.98 Å². The SMILES string of the molecule is N#Cc1ccc(NC(=O)c2cncc(NCCc3ccc(F)cc3)c2)cc1. The van der Waals surface area contributed by atoms with Gasteiger partial charge in [-0.15, -0.1) is 0 Å². The van der Waals surface area contributed by atoms with Crippen LogP contribution in [0.5, 0.6) is 0 Å². The minimum atomic E-state index is -0.283. The van der Waals surface area contributed by atoms with Gasteiger partial charge in [0.25, 0.3) is 5.91 Å². The number of pyridine rings is 1. The van der Waals surface area contributed by atoms with E-state index < -0.39 is 0 Å². The molecule has 3 rings (SSSR count). The van der Waals surface area contributed by atoms with E-state index in [2.05, 4.69) is 15.6 Å². The molecule has 0 aliphatic rings. The normalized spacial score (nSPS) is 10.1. The Hall–Kier alpha value is -3.72. The maximum absolute atomic E-state index is 12.9. The van der Waals surface area contributed by atoms with Crippen molar-refractivity contribution < 1.29 is 9.18 Å². The van der Waals surface area contributed by atoms with Crippen LogP contribution in [-0.2, 0) is 6.42 Å². The van der Waals surface area contributed by atoms with Crippen LogP contribution in [0, 0.1) is 17.1 Å². The predicted octanol–water partition coefficient (Wildman–Crippen LogP) is 4.00. The van der Waals surface area contributed by atoms with Crippen LogP contribution < -0.4 is 10.6 Å². The van der Waals surface area contributed by atoms with Gasteiger partial charge in [-0.2, -0.15) is 5.26 Å². The average Bonchev–Trinajstić information content (AvgIpc) is 2.70. The summed E-state index contributed by atoms with van der Waals surface area (Å²) < 4.78 is 12.9. The van der Waals surface area contributed by atoms with Gasteiger partial charge in [-0.05, 0) is 54.4 Å². The van der Waals surface area contributed by atoms with Crippen LogP contribution in [0.4, 0.5) is 15.8 Å². The van der Waals surface area contributed by atoms with E-state index in [1.807, 2.05) is 6.07 Å². The number of amides is 1. The summed E-state index contributed by atoms with van der Waals surface area (Å²) in [6.07, 6.45) is 3.86. The van der Waals surface area contributed by atoms with Crippen molar-refractivity contribution in [2.45, 2.75) is 6.42 Å². The largest absolute Gasteiger partial charge is 0.383 e. The Bertz CT molecular complexity index is 963. The highest BCUT2D eigenvalue weighted by atomic mass is 19.1. The van der Waals surface area contributed by atoms with Crippen molar-refractivity contribution in [2.24, 2.45) is 0 Å². The smallest absolute Gasteiger partial charge is 0.257 e. The summed E-state index contributed by atoms with van der Waals surface area (Å²) in [5.74, 6) is -0.536. The molecule has 0 fully saturated rings. The first kappa shape index (κ1) is 18.1. The summed E-state index contributed by atoms with van der Waals surface area (Å²) in [5, 5.41) is 14.8. The molecule has 0 aliphatic heterocycles. The lowest BCUT2D eigenvalue weighted by Gasteiger charge is -2.09. The molecule has 3 aromatic rings. The Labute approximate surface area is 156 Å². The Kier molecular flexibility index (Phi) is 5.75. The third-order valence-corrected chi connectivity index (χ3v) is 3.93. The molecule has 2 N–H and O–H groups in total. The van der Waals surface area contributed by atoms with E-state index in [1.54, 1.807) is 48.7 Å². The maximum Gasteiger partial charge on any atom is 0.257 e. The van der Waals surface area contributed by atoms with Crippen LogP contribution in [0.1, 0.15) is 21.5 Å². The monoisotopic (exact) mass is 360 g/mol. The van der Waals surface area contributed by atoms with E-state index in [0.717, 1.165) is 17.7 Å². The number of halogens is 1. The van der Waals surface area contributed by atoms with Crippen LogP contribution in [-0.4, -0.2) is 17.4 Å². The summed E-state index contributed by atoms with van der Waals surface area (Å²) in [4.78, 5) is 16.5. The van der Waals surface area contributed by atoms with Gasteiger partial charge < -0.3 is 10.6 Å². The standard InChI is InChI=1S/C21H17FN4O/c22-18-5-1-15(2-6-18)9-10-25-20-11-17(13-24-14-20)21(27)26-19-7-3-16(12-23)4-8-19/h1-8,11,13-14,25H,9-10H2,(H,26,27). The molecule has 0 bridgehead atoms. The fraction of sp³-hybridized carbons (Fsp3) is 0.0952. The zero-order chi connectivity index (χ0) is 19.1. The molecule has 0 aliphatic carbocycles. The van der Waals surface area contributed by atoms with Crippen molar-refractivity contribution >= 4 is 17.3 Å². The lowest BCUT2D eigenvalue weighted by molar-refractivity contribution is 0.102. The Morgan fingerprint density at radius 2 is 1.78 bits per heavy atom. The number of aromatic nitrogens is 1. The fourth-order valence-corrected chi connectivity index (χ4v) is 2.49. The van der Waals surface area contributed by atoms with E-state index >= 15 is 0 Å². The second-order valence-corrected chi connectivity index (χ2v) is 5.91. The molecule has 0 saturated carbocycles. The summed E-state index contributed by atoms with van der Waals surface area (Å²) in [6.45, 7) is 0.633. The van der Waals surface area contributed by atoms with Crippen molar-refractivity contribution in [3.05, 3.63) is 89.5 Å². The van der Waals surface area contributed by atoms with Gasteiger partial charge in [0.1, 0.15) is 5.82 Å². The van der Waals surface area contributed by atoms with Crippen LogP contribution in [0.2, 0.25) is 0 Å². The van der Waals surface area contributed by atoms with Crippen molar-refractivity contribution in [3.63, 3.8) is 0 Å². The number of nitriles is 1. The first-order chi connectivity index (χ1) is 13.1. The minimum Gasteiger partial charge on any atom is -0.383 e. The second-order valence-electron chi connectivity index (χ2n) is 5.91. The topological polar surface area (TPSA) is 77.8 Å². The van der Waals surface area contributed by atoms with E-state index in [0.29, 0.717) is 23.4 Å². The lowest BCUT2D eigenvalue weighted by Crippen LogP contribution is -2.13. The van der Waals surface area contributed by atoms with E-state index in [1.165, 1.54) is 18.3 Å². The molecule has 0 radical (unpaired) electrons. The van der Waals surface area contributed by atoms with Crippen molar-refractivity contribution in [3.8, 4) is 6.07 Å². The maximum atomic E-state index is 12.9. The highest BCUT2D eigenvalue weighted by molar-refractivity contribution is 6.04. The number of carbonyl (C=O) groups is 1. The molecule has 27 heavy (non-hydrogen) atoms. The Morgan fingerprint density at radius 1 is 1.04 bits per heavy atom. The van der Waals surface area contributed by atoms with Gasteiger partial charge in [-0.3, -0.25) is 9.78 Å². The van der Waals surface area contributed by atoms with Crippen LogP contribution >= 0.6 is 0 Å². The number of hydrogen-bond donors (Lipinski definition) is 2. The zero-order valence-electron chi connectivity index (χ0n) is 14.4. The first-order valence-electron chi connectivity index (χ1n) is 8.39. The third-order valence-electron chi connectivity index (χ3n) is 3.93. The van der Waals surface area contributed by atoms with Crippen molar-refractivity contribution in [1.29, 1.82) is 5.26 Å². The fourth-order valence-electron chi connectivity index (χ4n) is 2.49. The predicted molar refractivity (Wildman–Crippen MR) is 102 cm³/mol. The third kappa shape index (κ3) is 5.13. The molecule has 0 saturated heterocycles. The van der Waals surface area contributed by atoms with Gasteiger partial charge >= 0.3 is 0 Å². The van der Waals surface area contributed by atoms with Gasteiger partial charge in [0.15, 0.2) is 0 Å². The van der Waals surface area contributed by atoms with Crippen LogP contribution in [0.3, 0.4) is 0 Å². The summed E-state index contributed by atoms with van der Waals surface area (Å²) >= 11 is 0. The number of hydrogen-bond acceptors (Lipinski definition) is 4. The molecule has 2 aromatic carbocycles. The van der Waals surface area contributed by atoms with Gasteiger partial charge in [0, 0.05) is 24.6 Å². The highest BCUT2D eigenvalue weighted by Gasteiger charge is 2.08. The van der Waals surface area contributed by atoms with Gasteiger partial charge in [-0.25, -0.2) is 4.39 Å². The molecule has 0 atom stereocenters. The molecule has 1 amide bonds.